The van der Waals surface area contributed by atoms with Gasteiger partial charge in [0, 0.05) is 19.5 Å². The van der Waals surface area contributed by atoms with Gasteiger partial charge in [-0.1, -0.05) is 118 Å². The molecular formula is C40H59N3O3. The van der Waals surface area contributed by atoms with Gasteiger partial charge in [0.05, 0.1) is 5.92 Å². The van der Waals surface area contributed by atoms with Crippen molar-refractivity contribution in [1.82, 2.24) is 16.0 Å². The van der Waals surface area contributed by atoms with E-state index in [-0.39, 0.29) is 24.2 Å². The third-order valence-corrected chi connectivity index (χ3v) is 7.20. The van der Waals surface area contributed by atoms with Crippen LogP contribution in [-0.4, -0.2) is 36.9 Å². The van der Waals surface area contributed by atoms with Crippen molar-refractivity contribution in [3.05, 3.63) is 108 Å². The van der Waals surface area contributed by atoms with E-state index >= 15 is 0 Å². The number of aldehydes is 1. The number of benzene rings is 1. The maximum absolute atomic E-state index is 12.6. The molecule has 0 radical (unpaired) electrons. The molecule has 1 aromatic carbocycles. The van der Waals surface area contributed by atoms with Crippen molar-refractivity contribution >= 4 is 18.1 Å². The minimum atomic E-state index is -1.20. The van der Waals surface area contributed by atoms with Gasteiger partial charge in [-0.3, -0.25) is 19.7 Å². The Hall–Kier alpha value is -3.77. The molecule has 1 rings (SSSR count). The second-order valence-electron chi connectivity index (χ2n) is 12.1. The van der Waals surface area contributed by atoms with Crippen LogP contribution in [0, 0.1) is 5.92 Å². The molecule has 6 heteroatoms. The van der Waals surface area contributed by atoms with Crippen LogP contribution in [0.15, 0.2) is 97.2 Å². The molecule has 0 aliphatic carbocycles. The summed E-state index contributed by atoms with van der Waals surface area (Å²) in [6, 6.07) is 8.19. The van der Waals surface area contributed by atoms with Gasteiger partial charge in [0.1, 0.15) is 5.66 Å². The molecule has 0 aliphatic heterocycles. The fourth-order valence-electron chi connectivity index (χ4n) is 4.55. The van der Waals surface area contributed by atoms with E-state index in [2.05, 4.69) is 110 Å². The number of amides is 2. The van der Waals surface area contributed by atoms with Gasteiger partial charge in [0.15, 0.2) is 6.29 Å². The molecule has 1 aromatic rings. The minimum Gasteiger partial charge on any atom is -0.354 e. The van der Waals surface area contributed by atoms with Crippen LogP contribution in [0.4, 0.5) is 0 Å². The molecule has 0 saturated heterocycles. The van der Waals surface area contributed by atoms with E-state index < -0.39 is 5.66 Å². The second-order valence-corrected chi connectivity index (χ2v) is 12.1. The number of carbonyl (C=O) groups excluding carboxylic acids is 3. The molecular weight excluding hydrogens is 570 g/mol. The molecule has 0 bridgehead atoms. The highest BCUT2D eigenvalue weighted by Gasteiger charge is 2.24. The SMILES string of the molecule is CC/C=C\C/C=C\C/C=C\C/C=C\C/C=C\C/C=C\CCC(=O)N[C@@](C)(C=O)NCCNC(=O)C(C)c1ccc(CC(C)C)cc1. The Morgan fingerprint density at radius 1 is 0.739 bits per heavy atom. The highest BCUT2D eigenvalue weighted by molar-refractivity contribution is 5.83. The first-order chi connectivity index (χ1) is 22.2. The zero-order valence-electron chi connectivity index (χ0n) is 29.0. The predicted molar refractivity (Wildman–Crippen MR) is 194 cm³/mol. The summed E-state index contributed by atoms with van der Waals surface area (Å²) in [5.41, 5.74) is 1.04. The van der Waals surface area contributed by atoms with Crippen molar-refractivity contribution in [2.45, 2.75) is 104 Å². The van der Waals surface area contributed by atoms with Crippen LogP contribution in [0.1, 0.15) is 103 Å². The molecule has 0 aliphatic rings. The van der Waals surface area contributed by atoms with Crippen molar-refractivity contribution in [1.29, 1.82) is 0 Å². The van der Waals surface area contributed by atoms with E-state index in [9.17, 15) is 14.4 Å². The fraction of sp³-hybridized carbons (Fsp3) is 0.475. The van der Waals surface area contributed by atoms with Crippen molar-refractivity contribution in [2.24, 2.45) is 5.92 Å². The average Bonchev–Trinajstić information content (AvgIpc) is 3.03. The highest BCUT2D eigenvalue weighted by Crippen LogP contribution is 2.17. The smallest absolute Gasteiger partial charge is 0.227 e. The largest absolute Gasteiger partial charge is 0.354 e. The summed E-state index contributed by atoms with van der Waals surface area (Å²) in [6.07, 6.45) is 34.1. The van der Waals surface area contributed by atoms with Crippen molar-refractivity contribution in [2.75, 3.05) is 13.1 Å². The van der Waals surface area contributed by atoms with Gasteiger partial charge in [0.25, 0.3) is 0 Å². The molecule has 0 fully saturated rings. The number of carbonyl (C=O) groups is 3. The molecule has 252 valence electrons. The molecule has 0 saturated carbocycles. The monoisotopic (exact) mass is 629 g/mol. The van der Waals surface area contributed by atoms with Crippen LogP contribution in [0.5, 0.6) is 0 Å². The normalized spacial score (nSPS) is 14.4. The highest BCUT2D eigenvalue weighted by atomic mass is 16.2. The zero-order valence-corrected chi connectivity index (χ0v) is 29.0. The fourth-order valence-corrected chi connectivity index (χ4v) is 4.55. The van der Waals surface area contributed by atoms with E-state index in [1.165, 1.54) is 5.56 Å². The van der Waals surface area contributed by atoms with Gasteiger partial charge in [-0.15, -0.1) is 0 Å². The first-order valence-corrected chi connectivity index (χ1v) is 17.0. The molecule has 46 heavy (non-hydrogen) atoms. The van der Waals surface area contributed by atoms with E-state index in [4.69, 9.17) is 0 Å². The summed E-state index contributed by atoms with van der Waals surface area (Å²) in [4.78, 5) is 36.8. The average molecular weight is 630 g/mol. The Bertz CT molecular complexity index is 1170. The van der Waals surface area contributed by atoms with Crippen LogP contribution in [0.2, 0.25) is 0 Å². The van der Waals surface area contributed by atoms with Crippen molar-refractivity contribution in [3.8, 4) is 0 Å². The van der Waals surface area contributed by atoms with Gasteiger partial charge in [-0.25, -0.2) is 0 Å². The third-order valence-electron chi connectivity index (χ3n) is 7.20. The van der Waals surface area contributed by atoms with Crippen LogP contribution >= 0.6 is 0 Å². The Kier molecular flexibility index (Phi) is 22.2. The molecule has 2 atom stereocenters. The summed E-state index contributed by atoms with van der Waals surface area (Å²) in [5.74, 6) is 0.0228. The number of allylic oxidation sites excluding steroid dienone is 12. The summed E-state index contributed by atoms with van der Waals surface area (Å²) < 4.78 is 0. The number of rotatable bonds is 24. The Labute approximate surface area is 279 Å². The molecule has 0 aromatic heterocycles. The lowest BCUT2D eigenvalue weighted by Crippen LogP contribution is -2.59. The lowest BCUT2D eigenvalue weighted by atomic mass is 9.96. The molecule has 1 unspecified atom stereocenters. The first kappa shape index (κ1) is 40.3. The van der Waals surface area contributed by atoms with Crippen molar-refractivity contribution in [3.63, 3.8) is 0 Å². The molecule has 3 N–H and O–H groups in total. The van der Waals surface area contributed by atoms with Gasteiger partial charge in [-0.05, 0) is 82.3 Å². The van der Waals surface area contributed by atoms with E-state index in [1.807, 2.05) is 31.2 Å². The summed E-state index contributed by atoms with van der Waals surface area (Å²) in [5, 5.41) is 8.72. The van der Waals surface area contributed by atoms with E-state index in [0.717, 1.165) is 50.5 Å². The summed E-state index contributed by atoms with van der Waals surface area (Å²) in [7, 11) is 0. The number of nitrogens with one attached hydrogen (secondary N) is 3. The van der Waals surface area contributed by atoms with Gasteiger partial charge < -0.3 is 10.6 Å². The second kappa shape index (κ2) is 25.4. The molecule has 0 spiro atoms. The lowest BCUT2D eigenvalue weighted by Gasteiger charge is -2.26. The van der Waals surface area contributed by atoms with Gasteiger partial charge in [0.2, 0.25) is 11.8 Å². The van der Waals surface area contributed by atoms with Gasteiger partial charge in [-0.2, -0.15) is 0 Å². The topological polar surface area (TPSA) is 87.3 Å². The standard InChI is InChI=1S/C40H59N3O3/c1-6-7-8-9-10-11-12-13-14-15-16-17-18-19-20-21-22-23-24-25-38(45)43-40(5,33-44)42-31-30-41-39(46)35(4)37-28-26-36(27-29-37)32-34(2)3/h7-8,10-11,13-14,16-17,19-20,22-23,26-29,33-35,42H,6,9,12,15,18,21,24-25,30-32H2,1-5H3,(H,41,46)(H,43,45)/b8-7-,11-10-,14-13-,17-16-,20-19-,23-22-/t35?,40-/m0/s1. The number of hydrogen-bond acceptors (Lipinski definition) is 4. The van der Waals surface area contributed by atoms with Crippen molar-refractivity contribution < 1.29 is 14.4 Å². The summed E-state index contributed by atoms with van der Waals surface area (Å²) in [6.45, 7) is 10.7. The Morgan fingerprint density at radius 3 is 1.72 bits per heavy atom. The minimum absolute atomic E-state index is 0.0772. The predicted octanol–water partition coefficient (Wildman–Crippen LogP) is 8.20. The maximum atomic E-state index is 12.6. The zero-order chi connectivity index (χ0) is 33.9. The van der Waals surface area contributed by atoms with Crippen LogP contribution < -0.4 is 16.0 Å². The molecule has 0 heterocycles. The van der Waals surface area contributed by atoms with Crippen LogP contribution in [0.25, 0.3) is 0 Å². The summed E-state index contributed by atoms with van der Waals surface area (Å²) >= 11 is 0. The number of hydrogen-bond donors (Lipinski definition) is 3. The Balaban J connectivity index is 2.21. The lowest BCUT2D eigenvalue weighted by molar-refractivity contribution is -0.127. The first-order valence-electron chi connectivity index (χ1n) is 17.0. The van der Waals surface area contributed by atoms with E-state index in [0.29, 0.717) is 31.7 Å². The van der Waals surface area contributed by atoms with Crippen LogP contribution in [-0.2, 0) is 20.8 Å². The maximum Gasteiger partial charge on any atom is 0.227 e. The Morgan fingerprint density at radius 2 is 1.24 bits per heavy atom. The third kappa shape index (κ3) is 20.3. The molecule has 2 amide bonds. The molecule has 6 nitrogen and oxygen atoms in total. The quantitative estimate of drug-likeness (QED) is 0.0466. The van der Waals surface area contributed by atoms with Crippen LogP contribution in [0.3, 0.4) is 0 Å². The van der Waals surface area contributed by atoms with Gasteiger partial charge >= 0.3 is 0 Å². The van der Waals surface area contributed by atoms with E-state index in [1.54, 1.807) is 6.92 Å².